The monoisotopic (exact) mass is 308 g/mol. The first-order valence-corrected chi connectivity index (χ1v) is 6.38. The van der Waals surface area contributed by atoms with Gasteiger partial charge in [-0.2, -0.15) is 0 Å². The lowest BCUT2D eigenvalue weighted by molar-refractivity contribution is 0.102. The number of halogens is 2. The largest absolute Gasteiger partial charge is 0.454 e. The summed E-state index contributed by atoms with van der Waals surface area (Å²) in [6, 6.07) is 7.06. The standard InChI is InChI=1S/C14H10ClFN2O3/c15-7-2-1-3-8(16)13(7)14(19)18-10-5-12-11(4-9(10)17)20-6-21-12/h1-5H,6,17H2,(H,18,19). The molecule has 5 nitrogen and oxygen atoms in total. The summed E-state index contributed by atoms with van der Waals surface area (Å²) >= 11 is 5.85. The normalized spacial score (nSPS) is 12.3. The van der Waals surface area contributed by atoms with Crippen molar-refractivity contribution in [1.29, 1.82) is 0 Å². The molecule has 2 aromatic rings. The third-order valence-corrected chi connectivity index (χ3v) is 3.30. The Bertz CT molecular complexity index is 716. The maximum atomic E-state index is 13.7. The van der Waals surface area contributed by atoms with Gasteiger partial charge in [0.05, 0.1) is 22.0 Å². The van der Waals surface area contributed by atoms with E-state index < -0.39 is 11.7 Å². The lowest BCUT2D eigenvalue weighted by Crippen LogP contribution is -2.15. The van der Waals surface area contributed by atoms with Crippen molar-refractivity contribution in [2.75, 3.05) is 17.8 Å². The maximum absolute atomic E-state index is 13.7. The number of carbonyl (C=O) groups excluding carboxylic acids is 1. The first-order valence-electron chi connectivity index (χ1n) is 6.01. The predicted octanol–water partition coefficient (Wildman–Crippen LogP) is 3.04. The van der Waals surface area contributed by atoms with E-state index in [2.05, 4.69) is 5.32 Å². The highest BCUT2D eigenvalue weighted by Gasteiger charge is 2.20. The fraction of sp³-hybridized carbons (Fsp3) is 0.0714. The number of nitrogens with two attached hydrogens (primary N) is 1. The molecule has 0 saturated carbocycles. The molecule has 0 aliphatic carbocycles. The molecular weight excluding hydrogens is 299 g/mol. The van der Waals surface area contributed by atoms with Crippen LogP contribution in [-0.2, 0) is 0 Å². The van der Waals surface area contributed by atoms with E-state index in [1.807, 2.05) is 0 Å². The fourth-order valence-electron chi connectivity index (χ4n) is 1.97. The van der Waals surface area contributed by atoms with Crippen LogP contribution in [0.5, 0.6) is 11.5 Å². The molecule has 21 heavy (non-hydrogen) atoms. The van der Waals surface area contributed by atoms with Crippen LogP contribution in [0.1, 0.15) is 10.4 Å². The molecule has 0 bridgehead atoms. The molecule has 3 N–H and O–H groups in total. The number of nitrogens with one attached hydrogen (secondary N) is 1. The summed E-state index contributed by atoms with van der Waals surface area (Å²) in [4.78, 5) is 12.1. The van der Waals surface area contributed by atoms with Crippen LogP contribution in [0.25, 0.3) is 0 Å². The van der Waals surface area contributed by atoms with Crippen molar-refractivity contribution in [3.63, 3.8) is 0 Å². The van der Waals surface area contributed by atoms with E-state index >= 15 is 0 Å². The summed E-state index contributed by atoms with van der Waals surface area (Å²) in [5, 5.41) is 2.53. The van der Waals surface area contributed by atoms with Gasteiger partial charge >= 0.3 is 0 Å². The van der Waals surface area contributed by atoms with Gasteiger partial charge in [-0.15, -0.1) is 0 Å². The Hall–Kier alpha value is -2.47. The van der Waals surface area contributed by atoms with E-state index in [1.54, 1.807) is 0 Å². The molecule has 0 atom stereocenters. The summed E-state index contributed by atoms with van der Waals surface area (Å²) in [7, 11) is 0. The van der Waals surface area contributed by atoms with E-state index in [9.17, 15) is 9.18 Å². The highest BCUT2D eigenvalue weighted by molar-refractivity contribution is 6.34. The molecule has 0 spiro atoms. The molecule has 0 fully saturated rings. The van der Waals surface area contributed by atoms with Crippen LogP contribution < -0.4 is 20.5 Å². The summed E-state index contributed by atoms with van der Waals surface area (Å²) in [6.45, 7) is 0.0886. The Kier molecular flexibility index (Phi) is 3.31. The van der Waals surface area contributed by atoms with Crippen LogP contribution in [-0.4, -0.2) is 12.7 Å². The van der Waals surface area contributed by atoms with Gasteiger partial charge in [0.1, 0.15) is 5.82 Å². The minimum Gasteiger partial charge on any atom is -0.454 e. The van der Waals surface area contributed by atoms with Gasteiger partial charge < -0.3 is 20.5 Å². The quantitative estimate of drug-likeness (QED) is 0.836. The first kappa shape index (κ1) is 13.5. The van der Waals surface area contributed by atoms with Gasteiger partial charge in [-0.3, -0.25) is 4.79 Å². The van der Waals surface area contributed by atoms with Gasteiger partial charge in [0, 0.05) is 12.1 Å². The average Bonchev–Trinajstić information content (AvgIpc) is 2.86. The van der Waals surface area contributed by atoms with Crippen molar-refractivity contribution < 1.29 is 18.7 Å². The van der Waals surface area contributed by atoms with Crippen LogP contribution in [0.4, 0.5) is 15.8 Å². The van der Waals surface area contributed by atoms with E-state index in [1.165, 1.54) is 24.3 Å². The lowest BCUT2D eigenvalue weighted by atomic mass is 10.1. The van der Waals surface area contributed by atoms with E-state index in [-0.39, 0.29) is 23.1 Å². The maximum Gasteiger partial charge on any atom is 0.260 e. The molecule has 0 saturated heterocycles. The van der Waals surface area contributed by atoms with Gasteiger partial charge in [0.2, 0.25) is 6.79 Å². The van der Waals surface area contributed by atoms with Gasteiger partial charge in [-0.05, 0) is 12.1 Å². The molecule has 1 amide bonds. The van der Waals surface area contributed by atoms with Crippen LogP contribution in [0, 0.1) is 5.82 Å². The van der Waals surface area contributed by atoms with Crippen LogP contribution in [0.15, 0.2) is 30.3 Å². The highest BCUT2D eigenvalue weighted by Crippen LogP contribution is 2.38. The van der Waals surface area contributed by atoms with E-state index in [0.717, 1.165) is 6.07 Å². The summed E-state index contributed by atoms with van der Waals surface area (Å²) in [6.07, 6.45) is 0. The van der Waals surface area contributed by atoms with Crippen molar-refractivity contribution in [2.45, 2.75) is 0 Å². The molecule has 7 heteroatoms. The third kappa shape index (κ3) is 2.45. The van der Waals surface area contributed by atoms with Gasteiger partial charge in [0.15, 0.2) is 11.5 Å². The van der Waals surface area contributed by atoms with E-state index in [4.69, 9.17) is 26.8 Å². The van der Waals surface area contributed by atoms with Crippen molar-refractivity contribution in [3.8, 4) is 11.5 Å². The number of ether oxygens (including phenoxy) is 2. The summed E-state index contributed by atoms with van der Waals surface area (Å²) in [5.74, 6) is -0.448. The summed E-state index contributed by atoms with van der Waals surface area (Å²) < 4.78 is 24.1. The zero-order chi connectivity index (χ0) is 15.0. The smallest absolute Gasteiger partial charge is 0.260 e. The Balaban J connectivity index is 1.92. The Morgan fingerprint density at radius 2 is 2.00 bits per heavy atom. The molecule has 108 valence electrons. The third-order valence-electron chi connectivity index (χ3n) is 2.98. The number of amides is 1. The first-order chi connectivity index (χ1) is 10.1. The second-order valence-electron chi connectivity index (χ2n) is 4.34. The minimum absolute atomic E-state index is 0.0202. The molecular formula is C14H10ClFN2O3. The average molecular weight is 309 g/mol. The number of nitrogen functional groups attached to an aromatic ring is 1. The molecule has 0 unspecified atom stereocenters. The molecule has 1 aliphatic rings. The number of fused-ring (bicyclic) bond motifs is 1. The number of anilines is 2. The van der Waals surface area contributed by atoms with E-state index in [0.29, 0.717) is 17.2 Å². The van der Waals surface area contributed by atoms with Crippen LogP contribution in [0.2, 0.25) is 5.02 Å². The highest BCUT2D eigenvalue weighted by atomic mass is 35.5. The zero-order valence-corrected chi connectivity index (χ0v) is 11.4. The van der Waals surface area contributed by atoms with Crippen LogP contribution in [0.3, 0.4) is 0 Å². The number of hydrogen-bond acceptors (Lipinski definition) is 4. The van der Waals surface area contributed by atoms with Gasteiger partial charge in [-0.1, -0.05) is 17.7 Å². The lowest BCUT2D eigenvalue weighted by Gasteiger charge is -2.10. The molecule has 0 aromatic heterocycles. The van der Waals surface area contributed by atoms with Crippen molar-refractivity contribution >= 4 is 28.9 Å². The fourth-order valence-corrected chi connectivity index (χ4v) is 2.21. The number of hydrogen-bond donors (Lipinski definition) is 2. The van der Waals surface area contributed by atoms with Crippen molar-refractivity contribution in [1.82, 2.24) is 0 Å². The Morgan fingerprint density at radius 3 is 2.71 bits per heavy atom. The summed E-state index contributed by atoms with van der Waals surface area (Å²) in [5.41, 5.74) is 6.15. The van der Waals surface area contributed by atoms with Crippen molar-refractivity contribution in [3.05, 3.63) is 46.7 Å². The Morgan fingerprint density at radius 1 is 1.29 bits per heavy atom. The molecule has 3 rings (SSSR count). The Labute approximate surface area is 124 Å². The van der Waals surface area contributed by atoms with Gasteiger partial charge in [0.25, 0.3) is 5.91 Å². The number of rotatable bonds is 2. The zero-order valence-electron chi connectivity index (χ0n) is 10.7. The minimum atomic E-state index is -0.709. The van der Waals surface area contributed by atoms with Crippen molar-refractivity contribution in [2.24, 2.45) is 0 Å². The molecule has 1 aliphatic heterocycles. The predicted molar refractivity (Wildman–Crippen MR) is 76.3 cm³/mol. The molecule has 2 aromatic carbocycles. The number of benzene rings is 2. The SMILES string of the molecule is Nc1cc2c(cc1NC(=O)c1c(F)cccc1Cl)OCO2. The second kappa shape index (κ2) is 5.14. The topological polar surface area (TPSA) is 73.6 Å². The van der Waals surface area contributed by atoms with Crippen LogP contribution >= 0.6 is 11.6 Å². The molecule has 1 heterocycles. The van der Waals surface area contributed by atoms with Gasteiger partial charge in [-0.25, -0.2) is 4.39 Å². The second-order valence-corrected chi connectivity index (χ2v) is 4.75. The molecule has 0 radical (unpaired) electrons. The number of carbonyl (C=O) groups is 1.